The second-order valence-corrected chi connectivity index (χ2v) is 5.68. The Labute approximate surface area is 104 Å². The number of hydrogen-bond acceptors (Lipinski definition) is 3. The highest BCUT2D eigenvalue weighted by atomic mass is 15.0. The molecule has 1 saturated carbocycles. The van der Waals surface area contributed by atoms with Crippen LogP contribution in [-0.2, 0) is 0 Å². The Hall–Kier alpha value is -1.25. The summed E-state index contributed by atoms with van der Waals surface area (Å²) in [5, 5.41) is 3.41. The Bertz CT molecular complexity index is 381. The number of aryl methyl sites for hydroxylation is 1. The molecule has 0 bridgehead atoms. The van der Waals surface area contributed by atoms with Gasteiger partial charge in [-0.2, -0.15) is 0 Å². The maximum atomic E-state index is 5.96. The average Bonchev–Trinajstić information content (AvgIpc) is 2.29. The van der Waals surface area contributed by atoms with Gasteiger partial charge in [0.1, 0.15) is 5.82 Å². The van der Waals surface area contributed by atoms with Crippen LogP contribution in [0.25, 0.3) is 0 Å². The number of anilines is 2. The van der Waals surface area contributed by atoms with E-state index in [-0.39, 0.29) is 0 Å². The van der Waals surface area contributed by atoms with Gasteiger partial charge in [0.15, 0.2) is 0 Å². The average molecular weight is 233 g/mol. The third-order valence-corrected chi connectivity index (χ3v) is 3.80. The molecule has 1 aliphatic carbocycles. The lowest BCUT2D eigenvalue weighted by Crippen LogP contribution is -2.29. The number of pyridine rings is 1. The molecule has 1 fully saturated rings. The molecule has 0 aliphatic heterocycles. The minimum absolute atomic E-state index is 0.414. The van der Waals surface area contributed by atoms with E-state index in [1.54, 1.807) is 0 Å². The lowest BCUT2D eigenvalue weighted by atomic mass is 9.76. The second-order valence-electron chi connectivity index (χ2n) is 5.68. The summed E-state index contributed by atoms with van der Waals surface area (Å²) in [5.74, 6) is 0.836. The summed E-state index contributed by atoms with van der Waals surface area (Å²) in [6.07, 6.45) is 8.59. The summed E-state index contributed by atoms with van der Waals surface area (Å²) in [5.41, 5.74) is 8.23. The van der Waals surface area contributed by atoms with Crippen LogP contribution in [0.15, 0.2) is 12.3 Å². The topological polar surface area (TPSA) is 50.9 Å². The minimum atomic E-state index is 0.414. The van der Waals surface area contributed by atoms with Crippen molar-refractivity contribution in [2.75, 3.05) is 17.6 Å². The molecule has 1 aromatic rings. The molecule has 1 aromatic heterocycles. The van der Waals surface area contributed by atoms with Crippen LogP contribution in [-0.4, -0.2) is 11.5 Å². The molecule has 3 nitrogen and oxygen atoms in total. The molecular formula is C14H23N3. The van der Waals surface area contributed by atoms with Crippen LogP contribution < -0.4 is 11.1 Å². The van der Waals surface area contributed by atoms with E-state index >= 15 is 0 Å². The third-order valence-electron chi connectivity index (χ3n) is 3.80. The molecule has 0 amide bonds. The van der Waals surface area contributed by atoms with Crippen LogP contribution >= 0.6 is 0 Å². The fraction of sp³-hybridized carbons (Fsp3) is 0.643. The van der Waals surface area contributed by atoms with Crippen molar-refractivity contribution < 1.29 is 0 Å². The van der Waals surface area contributed by atoms with E-state index in [0.717, 1.165) is 23.6 Å². The van der Waals surface area contributed by atoms with Crippen molar-refractivity contribution in [1.29, 1.82) is 0 Å². The van der Waals surface area contributed by atoms with Gasteiger partial charge in [0.2, 0.25) is 0 Å². The molecule has 3 N–H and O–H groups in total. The summed E-state index contributed by atoms with van der Waals surface area (Å²) in [7, 11) is 0. The first-order valence-electron chi connectivity index (χ1n) is 6.55. The zero-order chi connectivity index (χ0) is 12.3. The largest absolute Gasteiger partial charge is 0.396 e. The molecule has 0 unspecified atom stereocenters. The molecule has 0 atom stereocenters. The van der Waals surface area contributed by atoms with Gasteiger partial charge < -0.3 is 11.1 Å². The van der Waals surface area contributed by atoms with Crippen LogP contribution in [0.1, 0.15) is 44.6 Å². The highest BCUT2D eigenvalue weighted by Gasteiger charge is 2.26. The molecule has 17 heavy (non-hydrogen) atoms. The van der Waals surface area contributed by atoms with Crippen molar-refractivity contribution in [2.24, 2.45) is 5.41 Å². The molecule has 0 radical (unpaired) electrons. The Kier molecular flexibility index (Phi) is 3.55. The zero-order valence-corrected chi connectivity index (χ0v) is 10.9. The van der Waals surface area contributed by atoms with E-state index in [4.69, 9.17) is 5.73 Å². The van der Waals surface area contributed by atoms with Crippen LogP contribution in [0.3, 0.4) is 0 Å². The van der Waals surface area contributed by atoms with Crippen LogP contribution in [0.2, 0.25) is 0 Å². The maximum Gasteiger partial charge on any atom is 0.149 e. The second kappa shape index (κ2) is 4.94. The quantitative estimate of drug-likeness (QED) is 0.841. The molecule has 94 valence electrons. The predicted molar refractivity (Wildman–Crippen MR) is 73.1 cm³/mol. The van der Waals surface area contributed by atoms with Gasteiger partial charge in [-0.1, -0.05) is 26.2 Å². The highest BCUT2D eigenvalue weighted by Crippen LogP contribution is 2.35. The zero-order valence-electron chi connectivity index (χ0n) is 10.9. The summed E-state index contributed by atoms with van der Waals surface area (Å²) in [6, 6.07) is 1.97. The first kappa shape index (κ1) is 12.2. The number of nitrogens with zero attached hydrogens (tertiary/aromatic N) is 1. The predicted octanol–water partition coefficient (Wildman–Crippen LogP) is 3.35. The van der Waals surface area contributed by atoms with Crippen molar-refractivity contribution in [2.45, 2.75) is 46.0 Å². The molecular weight excluding hydrogens is 210 g/mol. The Morgan fingerprint density at radius 2 is 2.06 bits per heavy atom. The number of hydrogen-bond donors (Lipinski definition) is 2. The molecule has 1 heterocycles. The van der Waals surface area contributed by atoms with Crippen LogP contribution in [0, 0.1) is 12.3 Å². The smallest absolute Gasteiger partial charge is 0.149 e. The van der Waals surface area contributed by atoms with Crippen molar-refractivity contribution in [3.63, 3.8) is 0 Å². The molecule has 0 aromatic carbocycles. The summed E-state index contributed by atoms with van der Waals surface area (Å²) in [4.78, 5) is 4.36. The number of nitrogen functional groups attached to an aromatic ring is 1. The monoisotopic (exact) mass is 233 g/mol. The number of aromatic nitrogens is 1. The first-order chi connectivity index (χ1) is 8.09. The van der Waals surface area contributed by atoms with E-state index < -0.39 is 0 Å². The Morgan fingerprint density at radius 3 is 2.71 bits per heavy atom. The van der Waals surface area contributed by atoms with E-state index in [1.807, 2.05) is 19.2 Å². The standard InChI is InChI=1S/C14H23N3/c1-11-8-12(15)13(16-9-11)17-10-14(2)6-4-3-5-7-14/h8-9H,3-7,10,15H2,1-2H3,(H,16,17). The third kappa shape index (κ3) is 3.11. The van der Waals surface area contributed by atoms with Gasteiger partial charge in [-0.05, 0) is 36.8 Å². The van der Waals surface area contributed by atoms with Gasteiger partial charge in [0.05, 0.1) is 5.69 Å². The fourth-order valence-corrected chi connectivity index (χ4v) is 2.62. The van der Waals surface area contributed by atoms with E-state index in [9.17, 15) is 0 Å². The molecule has 0 spiro atoms. The maximum absolute atomic E-state index is 5.96. The molecule has 2 rings (SSSR count). The van der Waals surface area contributed by atoms with Gasteiger partial charge in [0.25, 0.3) is 0 Å². The molecule has 0 saturated heterocycles. The van der Waals surface area contributed by atoms with Crippen molar-refractivity contribution >= 4 is 11.5 Å². The van der Waals surface area contributed by atoms with E-state index in [0.29, 0.717) is 5.41 Å². The summed E-state index contributed by atoms with van der Waals surface area (Å²) in [6.45, 7) is 5.35. The van der Waals surface area contributed by atoms with Crippen LogP contribution in [0.4, 0.5) is 11.5 Å². The van der Waals surface area contributed by atoms with Crippen molar-refractivity contribution in [3.8, 4) is 0 Å². The van der Waals surface area contributed by atoms with E-state index in [1.165, 1.54) is 32.1 Å². The van der Waals surface area contributed by atoms with Crippen molar-refractivity contribution in [3.05, 3.63) is 17.8 Å². The molecule has 1 aliphatic rings. The SMILES string of the molecule is Cc1cnc(NCC2(C)CCCCC2)c(N)c1. The van der Waals surface area contributed by atoms with Crippen molar-refractivity contribution in [1.82, 2.24) is 4.98 Å². The van der Waals surface area contributed by atoms with Gasteiger partial charge in [-0.15, -0.1) is 0 Å². The molecule has 3 heteroatoms. The first-order valence-corrected chi connectivity index (χ1v) is 6.55. The van der Waals surface area contributed by atoms with Gasteiger partial charge in [-0.3, -0.25) is 0 Å². The van der Waals surface area contributed by atoms with E-state index in [2.05, 4.69) is 17.2 Å². The number of nitrogens with two attached hydrogens (primary N) is 1. The number of nitrogens with one attached hydrogen (secondary N) is 1. The number of rotatable bonds is 3. The lowest BCUT2D eigenvalue weighted by molar-refractivity contribution is 0.233. The normalized spacial score (nSPS) is 18.9. The lowest BCUT2D eigenvalue weighted by Gasteiger charge is -2.34. The minimum Gasteiger partial charge on any atom is -0.396 e. The summed E-state index contributed by atoms with van der Waals surface area (Å²) < 4.78 is 0. The Balaban J connectivity index is 1.97. The van der Waals surface area contributed by atoms with Gasteiger partial charge in [0, 0.05) is 12.7 Å². The fourth-order valence-electron chi connectivity index (χ4n) is 2.62. The highest BCUT2D eigenvalue weighted by molar-refractivity contribution is 5.61. The summed E-state index contributed by atoms with van der Waals surface area (Å²) >= 11 is 0. The van der Waals surface area contributed by atoms with Crippen LogP contribution in [0.5, 0.6) is 0 Å². The van der Waals surface area contributed by atoms with Gasteiger partial charge in [-0.25, -0.2) is 4.98 Å². The Morgan fingerprint density at radius 1 is 1.35 bits per heavy atom. The van der Waals surface area contributed by atoms with Gasteiger partial charge >= 0.3 is 0 Å².